The van der Waals surface area contributed by atoms with E-state index in [4.69, 9.17) is 0 Å². The molecule has 10 heteroatoms. The average molecular weight is 303 g/mol. The molecule has 0 aliphatic heterocycles. The number of hydrogen-bond acceptors (Lipinski definition) is 3. The molecule has 1 aromatic rings. The highest BCUT2D eigenvalue weighted by molar-refractivity contribution is 5.43. The first-order valence-electron chi connectivity index (χ1n) is 4.93. The molecule has 0 aromatic heterocycles. The van der Waals surface area contributed by atoms with E-state index in [2.05, 4.69) is 0 Å². The van der Waals surface area contributed by atoms with Crippen molar-refractivity contribution < 1.29 is 36.4 Å². The fourth-order valence-corrected chi connectivity index (χ4v) is 1.58. The van der Waals surface area contributed by atoms with Crippen molar-refractivity contribution in [1.29, 1.82) is 0 Å². The number of nitro benzene ring substituents is 1. The maximum absolute atomic E-state index is 12.7. The molecule has 4 nitrogen and oxygen atoms in total. The Balaban J connectivity index is 3.67. The number of halogens is 6. The highest BCUT2D eigenvalue weighted by Crippen LogP contribution is 2.51. The fourth-order valence-electron chi connectivity index (χ4n) is 1.58. The Morgan fingerprint density at radius 1 is 1.10 bits per heavy atom. The molecular formula is C10H7F6NO3. The van der Waals surface area contributed by atoms with Crippen LogP contribution in [0.5, 0.6) is 0 Å². The lowest BCUT2D eigenvalue weighted by Crippen LogP contribution is -2.54. The molecule has 0 heterocycles. The van der Waals surface area contributed by atoms with Gasteiger partial charge in [0.15, 0.2) is 0 Å². The molecule has 112 valence electrons. The number of aryl methyl sites for hydroxylation is 1. The van der Waals surface area contributed by atoms with E-state index in [1.165, 1.54) is 0 Å². The lowest BCUT2D eigenvalue weighted by atomic mass is 9.88. The molecule has 1 N–H and O–H groups in total. The van der Waals surface area contributed by atoms with Gasteiger partial charge in [-0.25, -0.2) is 0 Å². The predicted molar refractivity (Wildman–Crippen MR) is 53.8 cm³/mol. The second kappa shape index (κ2) is 4.62. The number of nitro groups is 1. The molecule has 0 fully saturated rings. The van der Waals surface area contributed by atoms with Crippen LogP contribution in [0.2, 0.25) is 0 Å². The van der Waals surface area contributed by atoms with Gasteiger partial charge in [-0.2, -0.15) is 26.3 Å². The monoisotopic (exact) mass is 303 g/mol. The Morgan fingerprint density at radius 3 is 1.90 bits per heavy atom. The first-order chi connectivity index (χ1) is 8.82. The van der Waals surface area contributed by atoms with Crippen LogP contribution in [0.4, 0.5) is 32.0 Å². The zero-order chi connectivity index (χ0) is 15.9. The topological polar surface area (TPSA) is 63.4 Å². The molecule has 0 amide bonds. The van der Waals surface area contributed by atoms with Crippen molar-refractivity contribution in [2.75, 3.05) is 0 Å². The summed E-state index contributed by atoms with van der Waals surface area (Å²) in [5.74, 6) is 0. The summed E-state index contributed by atoms with van der Waals surface area (Å²) in [4.78, 5) is 9.30. The quantitative estimate of drug-likeness (QED) is 0.518. The van der Waals surface area contributed by atoms with Crippen LogP contribution in [0.1, 0.15) is 11.1 Å². The van der Waals surface area contributed by atoms with Crippen molar-refractivity contribution >= 4 is 5.69 Å². The number of nitrogens with zero attached hydrogens (tertiary/aromatic N) is 1. The van der Waals surface area contributed by atoms with E-state index in [1.54, 1.807) is 0 Å². The molecular weight excluding hydrogens is 296 g/mol. The maximum atomic E-state index is 12.7. The van der Waals surface area contributed by atoms with Crippen LogP contribution in [-0.4, -0.2) is 22.4 Å². The van der Waals surface area contributed by atoms with Crippen LogP contribution in [0.3, 0.4) is 0 Å². The SMILES string of the molecule is Cc1ccc([N+](=O)[O-])cc1C(O)(C(F)(F)F)C(F)(F)F. The molecule has 0 unspecified atom stereocenters. The number of rotatable bonds is 2. The molecule has 1 rings (SSSR count). The van der Waals surface area contributed by atoms with Gasteiger partial charge in [-0.05, 0) is 12.5 Å². The van der Waals surface area contributed by atoms with Gasteiger partial charge >= 0.3 is 12.4 Å². The van der Waals surface area contributed by atoms with Gasteiger partial charge in [0, 0.05) is 17.7 Å². The number of alkyl halides is 6. The summed E-state index contributed by atoms with van der Waals surface area (Å²) in [5, 5.41) is 19.6. The van der Waals surface area contributed by atoms with E-state index >= 15 is 0 Å². The third-order valence-electron chi connectivity index (χ3n) is 2.64. The van der Waals surface area contributed by atoms with Crippen molar-refractivity contribution in [2.45, 2.75) is 24.9 Å². The van der Waals surface area contributed by atoms with Gasteiger partial charge in [0.05, 0.1) is 4.92 Å². The van der Waals surface area contributed by atoms with Gasteiger partial charge in [-0.15, -0.1) is 0 Å². The molecule has 0 radical (unpaired) electrons. The minimum absolute atomic E-state index is 0.0658. The minimum atomic E-state index is -6.08. The first-order valence-corrected chi connectivity index (χ1v) is 4.93. The number of hydrogen-bond donors (Lipinski definition) is 1. The van der Waals surface area contributed by atoms with E-state index in [1.807, 2.05) is 0 Å². The second-order valence-electron chi connectivity index (χ2n) is 3.96. The maximum Gasteiger partial charge on any atom is 0.430 e. The molecule has 0 aliphatic carbocycles. The smallest absolute Gasteiger partial charge is 0.369 e. The summed E-state index contributed by atoms with van der Waals surface area (Å²) in [6, 6.07) is 1.51. The summed E-state index contributed by atoms with van der Waals surface area (Å²) in [6.45, 7) is 0.876. The molecule has 0 spiro atoms. The Labute approximate surface area is 107 Å². The molecule has 1 aromatic carbocycles. The van der Waals surface area contributed by atoms with Gasteiger partial charge in [0.2, 0.25) is 0 Å². The highest BCUT2D eigenvalue weighted by atomic mass is 19.4. The zero-order valence-electron chi connectivity index (χ0n) is 9.71. The van der Waals surface area contributed by atoms with E-state index in [0.29, 0.717) is 6.07 Å². The molecule has 0 saturated heterocycles. The third kappa shape index (κ3) is 2.42. The van der Waals surface area contributed by atoms with Crippen LogP contribution in [-0.2, 0) is 5.60 Å². The second-order valence-corrected chi connectivity index (χ2v) is 3.96. The fraction of sp³-hybridized carbons (Fsp3) is 0.400. The zero-order valence-corrected chi connectivity index (χ0v) is 9.71. The van der Waals surface area contributed by atoms with Gasteiger partial charge in [-0.1, -0.05) is 6.07 Å². The Morgan fingerprint density at radius 2 is 1.55 bits per heavy atom. The van der Waals surface area contributed by atoms with Crippen LogP contribution in [0, 0.1) is 17.0 Å². The highest BCUT2D eigenvalue weighted by Gasteiger charge is 2.72. The summed E-state index contributed by atoms with van der Waals surface area (Å²) in [7, 11) is 0. The van der Waals surface area contributed by atoms with E-state index < -0.39 is 39.7 Å². The minimum Gasteiger partial charge on any atom is -0.369 e. The Kier molecular flexibility index (Phi) is 3.74. The Hall–Kier alpha value is -1.84. The molecule has 0 saturated carbocycles. The van der Waals surface area contributed by atoms with Crippen molar-refractivity contribution in [3.63, 3.8) is 0 Å². The van der Waals surface area contributed by atoms with Crippen molar-refractivity contribution in [1.82, 2.24) is 0 Å². The lowest BCUT2D eigenvalue weighted by molar-refractivity contribution is -0.387. The predicted octanol–water partition coefficient (Wildman–Crippen LogP) is 3.22. The van der Waals surface area contributed by atoms with E-state index in [9.17, 15) is 41.6 Å². The van der Waals surface area contributed by atoms with Crippen LogP contribution in [0.15, 0.2) is 18.2 Å². The number of benzene rings is 1. The average Bonchev–Trinajstić information content (AvgIpc) is 2.25. The molecule has 0 atom stereocenters. The van der Waals surface area contributed by atoms with Gasteiger partial charge in [-0.3, -0.25) is 10.1 Å². The largest absolute Gasteiger partial charge is 0.430 e. The van der Waals surface area contributed by atoms with Crippen molar-refractivity contribution in [3.8, 4) is 0 Å². The first kappa shape index (κ1) is 16.2. The van der Waals surface area contributed by atoms with Crippen LogP contribution < -0.4 is 0 Å². The van der Waals surface area contributed by atoms with E-state index in [-0.39, 0.29) is 6.07 Å². The van der Waals surface area contributed by atoms with Gasteiger partial charge in [0.1, 0.15) is 0 Å². The van der Waals surface area contributed by atoms with Gasteiger partial charge < -0.3 is 5.11 Å². The summed E-state index contributed by atoms with van der Waals surface area (Å²) in [5.41, 5.74) is -8.35. The summed E-state index contributed by atoms with van der Waals surface area (Å²) >= 11 is 0. The Bertz CT molecular complexity index is 523. The third-order valence-corrected chi connectivity index (χ3v) is 2.64. The molecule has 0 aliphatic rings. The standard InChI is InChI=1S/C10H7F6NO3/c1-5-2-3-6(17(19)20)4-7(5)8(18,9(11,12)13)10(14,15)16/h2-4,18H,1H3. The number of aliphatic hydroxyl groups is 1. The van der Waals surface area contributed by atoms with Gasteiger partial charge in [0.25, 0.3) is 11.3 Å². The number of non-ortho nitro benzene ring substituents is 1. The van der Waals surface area contributed by atoms with Crippen LogP contribution >= 0.6 is 0 Å². The van der Waals surface area contributed by atoms with E-state index in [0.717, 1.165) is 13.0 Å². The molecule has 0 bridgehead atoms. The van der Waals surface area contributed by atoms with Crippen molar-refractivity contribution in [2.24, 2.45) is 0 Å². The normalized spacial score (nSPS) is 13.4. The van der Waals surface area contributed by atoms with Crippen LogP contribution in [0.25, 0.3) is 0 Å². The lowest BCUT2D eigenvalue weighted by Gasteiger charge is -2.33. The molecule has 20 heavy (non-hydrogen) atoms. The summed E-state index contributed by atoms with van der Waals surface area (Å²) in [6.07, 6.45) is -12.2. The van der Waals surface area contributed by atoms with Crippen molar-refractivity contribution in [3.05, 3.63) is 39.4 Å². The summed E-state index contributed by atoms with van der Waals surface area (Å²) < 4.78 is 76.0.